The largest absolute Gasteiger partial charge is 0.399 e. The molecule has 1 fully saturated rings. The van der Waals surface area contributed by atoms with Gasteiger partial charge in [-0.3, -0.25) is 0 Å². The first-order valence-corrected chi connectivity index (χ1v) is 8.92. The molecule has 138 valence electrons. The number of ether oxygens (including phenoxy) is 1. The second kappa shape index (κ2) is 7.92. The van der Waals surface area contributed by atoms with Gasteiger partial charge < -0.3 is 26.0 Å². The van der Waals surface area contributed by atoms with Crippen LogP contribution in [-0.4, -0.2) is 36.3 Å². The van der Waals surface area contributed by atoms with Gasteiger partial charge in [-0.15, -0.1) is 0 Å². The van der Waals surface area contributed by atoms with Crippen LogP contribution in [0, 0.1) is 0 Å². The maximum Gasteiger partial charge on any atom is 0.229 e. The van der Waals surface area contributed by atoms with Gasteiger partial charge in [0.1, 0.15) is 5.82 Å². The minimum absolute atomic E-state index is 0.531. The number of benzene rings is 2. The standard InChI is InChI=1S/C20H22N6O/c21-15-2-1-3-17(14-15)23-19-8-9-22-20(25-19)24-16-4-6-18(7-5-16)26-10-12-27-13-11-26/h1-9,14H,10-13,21H2,(H2,22,23,24,25). The quantitative estimate of drug-likeness (QED) is 0.600. The molecule has 0 spiro atoms. The van der Waals surface area contributed by atoms with Gasteiger partial charge in [0, 0.05) is 42.0 Å². The summed E-state index contributed by atoms with van der Waals surface area (Å²) < 4.78 is 5.40. The van der Waals surface area contributed by atoms with Crippen molar-refractivity contribution >= 4 is 34.5 Å². The van der Waals surface area contributed by atoms with Crippen molar-refractivity contribution in [2.24, 2.45) is 0 Å². The lowest BCUT2D eigenvalue weighted by Crippen LogP contribution is -2.36. The monoisotopic (exact) mass is 362 g/mol. The minimum Gasteiger partial charge on any atom is -0.399 e. The van der Waals surface area contributed by atoms with E-state index in [0.717, 1.165) is 37.7 Å². The second-order valence-electron chi connectivity index (χ2n) is 6.29. The van der Waals surface area contributed by atoms with Gasteiger partial charge in [-0.2, -0.15) is 4.98 Å². The Morgan fingerprint density at radius 3 is 2.52 bits per heavy atom. The van der Waals surface area contributed by atoms with Gasteiger partial charge >= 0.3 is 0 Å². The zero-order valence-electron chi connectivity index (χ0n) is 14.9. The van der Waals surface area contributed by atoms with Crippen molar-refractivity contribution in [1.82, 2.24) is 9.97 Å². The SMILES string of the molecule is Nc1cccc(Nc2ccnc(Nc3ccc(N4CCOCC4)cc3)n2)c1. The lowest BCUT2D eigenvalue weighted by Gasteiger charge is -2.28. The number of hydrogen-bond acceptors (Lipinski definition) is 7. The summed E-state index contributed by atoms with van der Waals surface area (Å²) in [7, 11) is 0. The molecule has 0 aliphatic carbocycles. The average molecular weight is 362 g/mol. The van der Waals surface area contributed by atoms with Crippen LogP contribution in [0.15, 0.2) is 60.8 Å². The summed E-state index contributed by atoms with van der Waals surface area (Å²) in [6, 6.07) is 17.6. The molecule has 27 heavy (non-hydrogen) atoms. The van der Waals surface area contributed by atoms with Gasteiger partial charge in [-0.25, -0.2) is 4.98 Å². The number of hydrogen-bond donors (Lipinski definition) is 3. The van der Waals surface area contributed by atoms with Crippen LogP contribution in [0.1, 0.15) is 0 Å². The molecule has 2 heterocycles. The third-order valence-electron chi connectivity index (χ3n) is 4.31. The fourth-order valence-corrected chi connectivity index (χ4v) is 2.96. The van der Waals surface area contributed by atoms with E-state index in [2.05, 4.69) is 37.6 Å². The molecule has 7 nitrogen and oxygen atoms in total. The summed E-state index contributed by atoms with van der Waals surface area (Å²) in [5.41, 5.74) is 9.53. The van der Waals surface area contributed by atoms with Gasteiger partial charge in [0.2, 0.25) is 5.95 Å². The van der Waals surface area contributed by atoms with Crippen LogP contribution in [0.4, 0.5) is 34.5 Å². The van der Waals surface area contributed by atoms with Gasteiger partial charge in [0.25, 0.3) is 0 Å². The summed E-state index contributed by atoms with van der Waals surface area (Å²) in [5.74, 6) is 1.23. The minimum atomic E-state index is 0.531. The van der Waals surface area contributed by atoms with E-state index in [0.29, 0.717) is 17.5 Å². The molecule has 0 atom stereocenters. The molecule has 0 bridgehead atoms. The van der Waals surface area contributed by atoms with E-state index in [1.807, 2.05) is 42.5 Å². The molecule has 0 amide bonds. The number of rotatable bonds is 5. The Bertz CT molecular complexity index is 893. The molecule has 1 aliphatic rings. The van der Waals surface area contributed by atoms with Crippen molar-refractivity contribution in [3.63, 3.8) is 0 Å². The molecule has 3 aromatic rings. The molecule has 1 aromatic heterocycles. The van der Waals surface area contributed by atoms with Crippen molar-refractivity contribution < 1.29 is 4.74 Å². The normalized spacial score (nSPS) is 14.0. The number of nitrogens with zero attached hydrogens (tertiary/aromatic N) is 3. The Balaban J connectivity index is 1.43. The first-order chi connectivity index (χ1) is 13.3. The Labute approximate surface area is 158 Å². The number of nitrogens with one attached hydrogen (secondary N) is 2. The van der Waals surface area contributed by atoms with E-state index in [4.69, 9.17) is 10.5 Å². The first kappa shape index (κ1) is 17.1. The zero-order chi connectivity index (χ0) is 18.5. The van der Waals surface area contributed by atoms with E-state index in [9.17, 15) is 0 Å². The van der Waals surface area contributed by atoms with E-state index in [1.54, 1.807) is 6.20 Å². The molecular formula is C20H22N6O. The maximum absolute atomic E-state index is 5.81. The van der Waals surface area contributed by atoms with Crippen molar-refractivity contribution in [1.29, 1.82) is 0 Å². The van der Waals surface area contributed by atoms with Crippen LogP contribution in [0.3, 0.4) is 0 Å². The van der Waals surface area contributed by atoms with Crippen LogP contribution in [0.5, 0.6) is 0 Å². The zero-order valence-corrected chi connectivity index (χ0v) is 14.9. The number of nitrogen functional groups attached to an aromatic ring is 1. The second-order valence-corrected chi connectivity index (χ2v) is 6.29. The Morgan fingerprint density at radius 1 is 0.926 bits per heavy atom. The topological polar surface area (TPSA) is 88.3 Å². The molecule has 0 saturated carbocycles. The van der Waals surface area contributed by atoms with Gasteiger partial charge in [0.15, 0.2) is 0 Å². The molecular weight excluding hydrogens is 340 g/mol. The lowest BCUT2D eigenvalue weighted by atomic mass is 10.2. The van der Waals surface area contributed by atoms with E-state index < -0.39 is 0 Å². The van der Waals surface area contributed by atoms with E-state index >= 15 is 0 Å². The summed E-state index contributed by atoms with van der Waals surface area (Å²) in [6.07, 6.45) is 1.71. The number of aromatic nitrogens is 2. The van der Waals surface area contributed by atoms with Gasteiger partial charge in [-0.05, 0) is 48.5 Å². The van der Waals surface area contributed by atoms with Crippen LogP contribution in [0.25, 0.3) is 0 Å². The van der Waals surface area contributed by atoms with Crippen LogP contribution < -0.4 is 21.3 Å². The average Bonchev–Trinajstić information content (AvgIpc) is 2.70. The Hall–Kier alpha value is -3.32. The molecule has 1 aliphatic heterocycles. The fourth-order valence-electron chi connectivity index (χ4n) is 2.96. The third kappa shape index (κ3) is 4.45. The summed E-state index contributed by atoms with van der Waals surface area (Å²) in [6.45, 7) is 3.41. The third-order valence-corrected chi connectivity index (χ3v) is 4.31. The first-order valence-electron chi connectivity index (χ1n) is 8.92. The van der Waals surface area contributed by atoms with Crippen LogP contribution in [0.2, 0.25) is 0 Å². The molecule has 2 aromatic carbocycles. The predicted octanol–water partition coefficient (Wildman–Crippen LogP) is 3.38. The van der Waals surface area contributed by atoms with Crippen molar-refractivity contribution in [2.45, 2.75) is 0 Å². The van der Waals surface area contributed by atoms with Crippen LogP contribution in [-0.2, 0) is 4.74 Å². The van der Waals surface area contributed by atoms with Gasteiger partial charge in [-0.1, -0.05) is 6.07 Å². The molecule has 1 saturated heterocycles. The maximum atomic E-state index is 5.81. The molecule has 4 N–H and O–H groups in total. The number of morpholine rings is 1. The van der Waals surface area contributed by atoms with Crippen molar-refractivity contribution in [3.8, 4) is 0 Å². The summed E-state index contributed by atoms with van der Waals surface area (Å²) in [5, 5.41) is 6.47. The van der Waals surface area contributed by atoms with Crippen molar-refractivity contribution in [3.05, 3.63) is 60.8 Å². The molecule has 0 unspecified atom stereocenters. The number of nitrogens with two attached hydrogens (primary N) is 1. The van der Waals surface area contributed by atoms with E-state index in [-0.39, 0.29) is 0 Å². The Morgan fingerprint density at radius 2 is 1.74 bits per heavy atom. The van der Waals surface area contributed by atoms with Gasteiger partial charge in [0.05, 0.1) is 13.2 Å². The smallest absolute Gasteiger partial charge is 0.229 e. The van der Waals surface area contributed by atoms with Crippen LogP contribution >= 0.6 is 0 Å². The highest BCUT2D eigenvalue weighted by molar-refractivity contribution is 5.63. The predicted molar refractivity (Wildman–Crippen MR) is 109 cm³/mol. The molecule has 7 heteroatoms. The number of anilines is 6. The highest BCUT2D eigenvalue weighted by Crippen LogP contribution is 2.22. The van der Waals surface area contributed by atoms with Crippen molar-refractivity contribution in [2.75, 3.05) is 47.6 Å². The molecule has 0 radical (unpaired) electrons. The highest BCUT2D eigenvalue weighted by atomic mass is 16.5. The summed E-state index contributed by atoms with van der Waals surface area (Å²) in [4.78, 5) is 11.1. The summed E-state index contributed by atoms with van der Waals surface area (Å²) >= 11 is 0. The Kier molecular flexibility index (Phi) is 5.02. The van der Waals surface area contributed by atoms with E-state index in [1.165, 1.54) is 5.69 Å². The lowest BCUT2D eigenvalue weighted by molar-refractivity contribution is 0.122. The fraction of sp³-hybridized carbons (Fsp3) is 0.200. The molecule has 4 rings (SSSR count). The highest BCUT2D eigenvalue weighted by Gasteiger charge is 2.11.